The molecule has 0 bridgehead atoms. The Balaban J connectivity index is 1.73. The third-order valence-electron chi connectivity index (χ3n) is 4.06. The Hall–Kier alpha value is -1.74. The van der Waals surface area contributed by atoms with Gasteiger partial charge in [-0.15, -0.1) is 0 Å². The summed E-state index contributed by atoms with van der Waals surface area (Å²) >= 11 is 0. The standard InChI is InChI=1S/C17H20N2O4S2/c1-13-4-2-3-5-14(13)12-18-24(20,21)16-8-10-17(11-9-16)25(22,23)19-15-6-7-15/h2-5,8-11,15,18-19H,6-7,12H2,1H3. The van der Waals surface area contributed by atoms with Crippen molar-refractivity contribution >= 4 is 20.0 Å². The fourth-order valence-electron chi connectivity index (χ4n) is 2.35. The number of hydrogen-bond donors (Lipinski definition) is 2. The van der Waals surface area contributed by atoms with Crippen LogP contribution in [0.5, 0.6) is 0 Å². The number of sulfonamides is 2. The summed E-state index contributed by atoms with van der Waals surface area (Å²) in [5.41, 5.74) is 1.89. The first-order valence-corrected chi connectivity index (χ1v) is 10.9. The molecule has 0 unspecified atom stereocenters. The van der Waals surface area contributed by atoms with Crippen molar-refractivity contribution < 1.29 is 16.8 Å². The molecule has 25 heavy (non-hydrogen) atoms. The van der Waals surface area contributed by atoms with Gasteiger partial charge in [-0.1, -0.05) is 24.3 Å². The molecule has 0 aliphatic heterocycles. The summed E-state index contributed by atoms with van der Waals surface area (Å²) < 4.78 is 54.1. The highest BCUT2D eigenvalue weighted by Gasteiger charge is 2.28. The van der Waals surface area contributed by atoms with Crippen molar-refractivity contribution in [2.45, 2.75) is 42.1 Å². The molecule has 1 saturated carbocycles. The summed E-state index contributed by atoms with van der Waals surface area (Å²) in [5.74, 6) is 0. The highest BCUT2D eigenvalue weighted by molar-refractivity contribution is 7.90. The number of benzene rings is 2. The number of aryl methyl sites for hydroxylation is 1. The monoisotopic (exact) mass is 380 g/mol. The molecular weight excluding hydrogens is 360 g/mol. The third kappa shape index (κ3) is 4.46. The van der Waals surface area contributed by atoms with Crippen LogP contribution >= 0.6 is 0 Å². The van der Waals surface area contributed by atoms with E-state index in [2.05, 4.69) is 9.44 Å². The van der Waals surface area contributed by atoms with Crippen molar-refractivity contribution in [3.63, 3.8) is 0 Å². The molecule has 3 rings (SSSR count). The van der Waals surface area contributed by atoms with Crippen molar-refractivity contribution in [1.82, 2.24) is 9.44 Å². The summed E-state index contributed by atoms with van der Waals surface area (Å²) in [6, 6.07) is 12.8. The first-order chi connectivity index (χ1) is 11.8. The minimum atomic E-state index is -3.71. The van der Waals surface area contributed by atoms with Gasteiger partial charge < -0.3 is 0 Å². The fraction of sp³-hybridized carbons (Fsp3) is 0.294. The Morgan fingerprint density at radius 1 is 0.880 bits per heavy atom. The largest absolute Gasteiger partial charge is 0.240 e. The minimum Gasteiger partial charge on any atom is -0.208 e. The van der Waals surface area contributed by atoms with E-state index in [0.717, 1.165) is 24.0 Å². The summed E-state index contributed by atoms with van der Waals surface area (Å²) in [4.78, 5) is 0.101. The van der Waals surface area contributed by atoms with E-state index in [4.69, 9.17) is 0 Å². The third-order valence-corrected chi connectivity index (χ3v) is 7.01. The Morgan fingerprint density at radius 2 is 1.44 bits per heavy atom. The Kier molecular flexibility index (Phi) is 4.97. The van der Waals surface area contributed by atoms with E-state index < -0.39 is 20.0 Å². The van der Waals surface area contributed by atoms with E-state index in [0.29, 0.717) is 0 Å². The molecule has 0 saturated heterocycles. The average Bonchev–Trinajstić information content (AvgIpc) is 3.37. The molecule has 1 aliphatic rings. The highest BCUT2D eigenvalue weighted by Crippen LogP contribution is 2.22. The quantitative estimate of drug-likeness (QED) is 0.767. The topological polar surface area (TPSA) is 92.3 Å². The van der Waals surface area contributed by atoms with Crippen LogP contribution in [0.4, 0.5) is 0 Å². The van der Waals surface area contributed by atoms with E-state index in [1.54, 1.807) is 0 Å². The molecule has 134 valence electrons. The molecule has 0 radical (unpaired) electrons. The summed E-state index contributed by atoms with van der Waals surface area (Å²) in [6.45, 7) is 2.09. The second kappa shape index (κ2) is 6.87. The molecule has 1 aliphatic carbocycles. The lowest BCUT2D eigenvalue weighted by Crippen LogP contribution is -2.26. The van der Waals surface area contributed by atoms with Crippen molar-refractivity contribution in [1.29, 1.82) is 0 Å². The molecule has 2 aromatic carbocycles. The smallest absolute Gasteiger partial charge is 0.208 e. The van der Waals surface area contributed by atoms with Crippen molar-refractivity contribution in [3.05, 3.63) is 59.7 Å². The van der Waals surface area contributed by atoms with E-state index in [1.165, 1.54) is 24.3 Å². The number of nitrogens with one attached hydrogen (secondary N) is 2. The van der Waals surface area contributed by atoms with Gasteiger partial charge in [-0.25, -0.2) is 26.3 Å². The summed E-state index contributed by atoms with van der Waals surface area (Å²) in [6.07, 6.45) is 1.68. The van der Waals surface area contributed by atoms with Gasteiger partial charge in [0, 0.05) is 12.6 Å². The van der Waals surface area contributed by atoms with Crippen LogP contribution in [0.3, 0.4) is 0 Å². The van der Waals surface area contributed by atoms with Crippen LogP contribution in [0.2, 0.25) is 0 Å². The van der Waals surface area contributed by atoms with Crippen LogP contribution in [-0.4, -0.2) is 22.9 Å². The van der Waals surface area contributed by atoms with Gasteiger partial charge in [0.25, 0.3) is 0 Å². The van der Waals surface area contributed by atoms with Crippen molar-refractivity contribution in [3.8, 4) is 0 Å². The maximum atomic E-state index is 12.4. The first kappa shape index (κ1) is 18.1. The normalized spacial score (nSPS) is 15.2. The summed E-state index contributed by atoms with van der Waals surface area (Å²) in [5, 5.41) is 0. The van der Waals surface area contributed by atoms with E-state index in [9.17, 15) is 16.8 Å². The second-order valence-electron chi connectivity index (χ2n) is 6.12. The second-order valence-corrected chi connectivity index (χ2v) is 9.60. The lowest BCUT2D eigenvalue weighted by molar-refractivity contribution is 0.577. The molecule has 6 nitrogen and oxygen atoms in total. The first-order valence-electron chi connectivity index (χ1n) is 7.94. The van der Waals surface area contributed by atoms with Crippen LogP contribution in [0.1, 0.15) is 24.0 Å². The van der Waals surface area contributed by atoms with Crippen molar-refractivity contribution in [2.24, 2.45) is 0 Å². The van der Waals surface area contributed by atoms with Gasteiger partial charge in [-0.05, 0) is 55.2 Å². The van der Waals surface area contributed by atoms with Crippen LogP contribution in [0.15, 0.2) is 58.3 Å². The van der Waals surface area contributed by atoms with E-state index in [1.807, 2.05) is 31.2 Å². The SMILES string of the molecule is Cc1ccccc1CNS(=O)(=O)c1ccc(S(=O)(=O)NC2CC2)cc1. The van der Waals surface area contributed by atoms with Crippen molar-refractivity contribution in [2.75, 3.05) is 0 Å². The van der Waals surface area contributed by atoms with Crippen LogP contribution < -0.4 is 9.44 Å². The van der Waals surface area contributed by atoms with E-state index in [-0.39, 0.29) is 22.4 Å². The van der Waals surface area contributed by atoms with Gasteiger partial charge in [-0.3, -0.25) is 0 Å². The molecule has 8 heteroatoms. The number of rotatable bonds is 7. The Labute approximate surface area is 148 Å². The van der Waals surface area contributed by atoms with Crippen LogP contribution in [-0.2, 0) is 26.6 Å². The zero-order valence-electron chi connectivity index (χ0n) is 13.8. The number of hydrogen-bond acceptors (Lipinski definition) is 4. The lowest BCUT2D eigenvalue weighted by atomic mass is 10.1. The molecule has 0 aromatic heterocycles. The fourth-order valence-corrected chi connectivity index (χ4v) is 4.66. The molecule has 0 spiro atoms. The average molecular weight is 380 g/mol. The lowest BCUT2D eigenvalue weighted by Gasteiger charge is -2.10. The summed E-state index contributed by atoms with van der Waals surface area (Å²) in [7, 11) is -7.30. The maximum absolute atomic E-state index is 12.4. The molecule has 0 heterocycles. The Morgan fingerprint density at radius 3 is 2.00 bits per heavy atom. The van der Waals surface area contributed by atoms with Crippen LogP contribution in [0, 0.1) is 6.92 Å². The minimum absolute atomic E-state index is 0.00388. The van der Waals surface area contributed by atoms with Gasteiger partial charge >= 0.3 is 0 Å². The predicted molar refractivity (Wildman–Crippen MR) is 95.0 cm³/mol. The molecule has 2 N–H and O–H groups in total. The highest BCUT2D eigenvalue weighted by atomic mass is 32.2. The van der Waals surface area contributed by atoms with E-state index >= 15 is 0 Å². The zero-order valence-corrected chi connectivity index (χ0v) is 15.4. The van der Waals surface area contributed by atoms with Gasteiger partial charge in [0.05, 0.1) is 9.79 Å². The molecule has 0 amide bonds. The van der Waals surface area contributed by atoms with Gasteiger partial charge in [0.1, 0.15) is 0 Å². The predicted octanol–water partition coefficient (Wildman–Crippen LogP) is 1.91. The molecule has 0 atom stereocenters. The molecule has 2 aromatic rings. The Bertz CT molecular complexity index is 964. The van der Waals surface area contributed by atoms with Gasteiger partial charge in [0.2, 0.25) is 20.0 Å². The van der Waals surface area contributed by atoms with Gasteiger partial charge in [-0.2, -0.15) is 0 Å². The zero-order chi connectivity index (χ0) is 18.1. The molecular formula is C17H20N2O4S2. The van der Waals surface area contributed by atoms with Gasteiger partial charge in [0.15, 0.2) is 0 Å². The molecule has 1 fully saturated rings. The maximum Gasteiger partial charge on any atom is 0.240 e. The van der Waals surface area contributed by atoms with Crippen LogP contribution in [0.25, 0.3) is 0 Å².